The van der Waals surface area contributed by atoms with Crippen LogP contribution in [0.2, 0.25) is 0 Å². The van der Waals surface area contributed by atoms with Crippen molar-refractivity contribution in [3.05, 3.63) is 29.8 Å². The summed E-state index contributed by atoms with van der Waals surface area (Å²) in [5.74, 6) is 0.0586. The summed E-state index contributed by atoms with van der Waals surface area (Å²) in [5, 5.41) is 9.71. The Morgan fingerprint density at radius 1 is 1.44 bits per heavy atom. The van der Waals surface area contributed by atoms with Gasteiger partial charge in [0.05, 0.1) is 12.0 Å². The number of hydrogen-bond donors (Lipinski definition) is 0. The molecular weight excluding hydrogens is 264 g/mol. The van der Waals surface area contributed by atoms with E-state index >= 15 is 0 Å². The van der Waals surface area contributed by atoms with Crippen LogP contribution in [-0.4, -0.2) is 13.1 Å². The first-order chi connectivity index (χ1) is 7.72. The number of rotatable bonds is 5. The largest absolute Gasteiger partial charge is 0.370 e. The molecule has 86 valence electrons. The average Bonchev–Trinajstić information content (AvgIpc) is 2.35. The minimum atomic E-state index is 0.0586. The number of nitrogens with zero attached hydrogens (tertiary/aromatic N) is 2. The Morgan fingerprint density at radius 3 is 2.69 bits per heavy atom. The van der Waals surface area contributed by atoms with Gasteiger partial charge in [-0.3, -0.25) is 0 Å². The van der Waals surface area contributed by atoms with Gasteiger partial charge in [0.2, 0.25) is 0 Å². The van der Waals surface area contributed by atoms with E-state index in [0.717, 1.165) is 18.4 Å². The van der Waals surface area contributed by atoms with Crippen LogP contribution >= 0.6 is 15.9 Å². The van der Waals surface area contributed by atoms with Gasteiger partial charge in [-0.05, 0) is 25.5 Å². The lowest BCUT2D eigenvalue weighted by molar-refractivity contribution is 0.685. The van der Waals surface area contributed by atoms with Gasteiger partial charge < -0.3 is 4.90 Å². The molecule has 0 heterocycles. The molecule has 1 aromatic rings. The molecule has 0 aliphatic heterocycles. The molecule has 1 rings (SSSR count). The van der Waals surface area contributed by atoms with Crippen molar-refractivity contribution in [1.29, 1.82) is 5.26 Å². The Kier molecular flexibility index (Phi) is 5.34. The first-order valence-electron chi connectivity index (χ1n) is 5.51. The van der Waals surface area contributed by atoms with Gasteiger partial charge in [-0.25, -0.2) is 0 Å². The van der Waals surface area contributed by atoms with Crippen LogP contribution in [-0.2, 0) is 5.33 Å². The molecule has 16 heavy (non-hydrogen) atoms. The third kappa shape index (κ3) is 3.24. The van der Waals surface area contributed by atoms with Crippen molar-refractivity contribution >= 4 is 21.6 Å². The topological polar surface area (TPSA) is 27.0 Å². The Hall–Kier alpha value is -1.01. The number of para-hydroxylation sites is 1. The molecule has 0 aliphatic carbocycles. The van der Waals surface area contributed by atoms with E-state index in [-0.39, 0.29) is 5.92 Å². The van der Waals surface area contributed by atoms with Crippen LogP contribution in [0.15, 0.2) is 24.3 Å². The molecule has 0 aliphatic rings. The maximum atomic E-state index is 8.87. The number of nitriles is 1. The second-order valence-corrected chi connectivity index (χ2v) is 4.39. The molecule has 1 atom stereocenters. The molecule has 0 spiro atoms. The molecule has 0 saturated carbocycles. The lowest BCUT2D eigenvalue weighted by Gasteiger charge is -2.26. The van der Waals surface area contributed by atoms with Crippen LogP contribution in [0.5, 0.6) is 0 Å². The van der Waals surface area contributed by atoms with Crippen molar-refractivity contribution in [1.82, 2.24) is 0 Å². The molecular formula is C13H17BrN2. The van der Waals surface area contributed by atoms with E-state index < -0.39 is 0 Å². The molecule has 0 radical (unpaired) electrons. The average molecular weight is 281 g/mol. The first kappa shape index (κ1) is 13.1. The molecule has 2 nitrogen and oxygen atoms in total. The van der Waals surface area contributed by atoms with Crippen molar-refractivity contribution in [2.45, 2.75) is 19.2 Å². The zero-order valence-corrected chi connectivity index (χ0v) is 11.4. The predicted octanol–water partition coefficient (Wildman–Crippen LogP) is 3.57. The maximum Gasteiger partial charge on any atom is 0.0671 e. The highest BCUT2D eigenvalue weighted by Gasteiger charge is 2.11. The first-order valence-corrected chi connectivity index (χ1v) is 6.63. The standard InChI is InChI=1S/C13H17BrN2/c1-3-16(10-11(2)9-15)13-7-5-4-6-12(13)8-14/h4-7,11H,3,8,10H2,1-2H3. The highest BCUT2D eigenvalue weighted by atomic mass is 79.9. The summed E-state index contributed by atoms with van der Waals surface area (Å²) in [6.45, 7) is 5.79. The lowest BCUT2D eigenvalue weighted by atomic mass is 10.1. The molecule has 3 heteroatoms. The zero-order chi connectivity index (χ0) is 12.0. The van der Waals surface area contributed by atoms with Gasteiger partial charge in [-0.15, -0.1) is 0 Å². The minimum Gasteiger partial charge on any atom is -0.370 e. The van der Waals surface area contributed by atoms with E-state index in [1.165, 1.54) is 11.3 Å². The highest BCUT2D eigenvalue weighted by molar-refractivity contribution is 9.08. The molecule has 0 N–H and O–H groups in total. The van der Waals surface area contributed by atoms with E-state index in [4.69, 9.17) is 5.26 Å². The summed E-state index contributed by atoms with van der Waals surface area (Å²) < 4.78 is 0. The van der Waals surface area contributed by atoms with Gasteiger partial charge >= 0.3 is 0 Å². The number of halogens is 1. The normalized spacial score (nSPS) is 11.9. The molecule has 0 bridgehead atoms. The van der Waals surface area contributed by atoms with E-state index in [2.05, 4.69) is 46.0 Å². The molecule has 1 unspecified atom stereocenters. The van der Waals surface area contributed by atoms with Gasteiger partial charge in [0.25, 0.3) is 0 Å². The van der Waals surface area contributed by atoms with Gasteiger partial charge in [0.15, 0.2) is 0 Å². The lowest BCUT2D eigenvalue weighted by Crippen LogP contribution is -2.28. The number of benzene rings is 1. The van der Waals surface area contributed by atoms with E-state index in [1.54, 1.807) is 0 Å². The third-order valence-electron chi connectivity index (χ3n) is 2.57. The fraction of sp³-hybridized carbons (Fsp3) is 0.462. The van der Waals surface area contributed by atoms with Crippen LogP contribution in [0.3, 0.4) is 0 Å². The van der Waals surface area contributed by atoms with Gasteiger partial charge in [0, 0.05) is 24.1 Å². The van der Waals surface area contributed by atoms with Gasteiger partial charge in [-0.1, -0.05) is 34.1 Å². The van der Waals surface area contributed by atoms with Crippen molar-refractivity contribution in [3.63, 3.8) is 0 Å². The molecule has 0 saturated heterocycles. The number of anilines is 1. The monoisotopic (exact) mass is 280 g/mol. The third-order valence-corrected chi connectivity index (χ3v) is 3.18. The van der Waals surface area contributed by atoms with Gasteiger partial charge in [0.1, 0.15) is 0 Å². The van der Waals surface area contributed by atoms with E-state index in [1.807, 2.05) is 19.1 Å². The summed E-state index contributed by atoms with van der Waals surface area (Å²) in [6.07, 6.45) is 0. The predicted molar refractivity (Wildman–Crippen MR) is 71.7 cm³/mol. The van der Waals surface area contributed by atoms with Crippen molar-refractivity contribution in [2.75, 3.05) is 18.0 Å². The van der Waals surface area contributed by atoms with Crippen LogP contribution in [0, 0.1) is 17.2 Å². The molecule has 0 aromatic heterocycles. The smallest absolute Gasteiger partial charge is 0.0671 e. The Labute approximate surface area is 106 Å². The van der Waals surface area contributed by atoms with E-state index in [9.17, 15) is 0 Å². The van der Waals surface area contributed by atoms with Crippen molar-refractivity contribution < 1.29 is 0 Å². The summed E-state index contributed by atoms with van der Waals surface area (Å²) in [4.78, 5) is 2.25. The quantitative estimate of drug-likeness (QED) is 0.771. The van der Waals surface area contributed by atoms with Gasteiger partial charge in [-0.2, -0.15) is 5.26 Å². The number of alkyl halides is 1. The SMILES string of the molecule is CCN(CC(C)C#N)c1ccccc1CBr. The molecule has 0 fully saturated rings. The highest BCUT2D eigenvalue weighted by Crippen LogP contribution is 2.23. The fourth-order valence-electron chi connectivity index (χ4n) is 1.70. The van der Waals surface area contributed by atoms with Crippen LogP contribution in [0.25, 0.3) is 0 Å². The fourth-order valence-corrected chi connectivity index (χ4v) is 2.18. The summed E-state index contributed by atoms with van der Waals surface area (Å²) in [5.41, 5.74) is 2.50. The zero-order valence-electron chi connectivity index (χ0n) is 9.78. The van der Waals surface area contributed by atoms with Crippen molar-refractivity contribution in [2.24, 2.45) is 5.92 Å². The summed E-state index contributed by atoms with van der Waals surface area (Å²) in [7, 11) is 0. The van der Waals surface area contributed by atoms with Crippen LogP contribution < -0.4 is 4.90 Å². The maximum absolute atomic E-state index is 8.87. The summed E-state index contributed by atoms with van der Waals surface area (Å²) in [6, 6.07) is 10.6. The van der Waals surface area contributed by atoms with Crippen molar-refractivity contribution in [3.8, 4) is 6.07 Å². The van der Waals surface area contributed by atoms with Crippen LogP contribution in [0.4, 0.5) is 5.69 Å². The minimum absolute atomic E-state index is 0.0586. The Morgan fingerprint density at radius 2 is 2.12 bits per heavy atom. The molecule has 0 amide bonds. The number of hydrogen-bond acceptors (Lipinski definition) is 2. The molecule has 1 aromatic carbocycles. The second-order valence-electron chi connectivity index (χ2n) is 3.83. The van der Waals surface area contributed by atoms with E-state index in [0.29, 0.717) is 0 Å². The second kappa shape index (κ2) is 6.55. The Balaban J connectivity index is 2.90. The Bertz CT molecular complexity index is 370. The van der Waals surface area contributed by atoms with Crippen LogP contribution in [0.1, 0.15) is 19.4 Å². The summed E-state index contributed by atoms with van der Waals surface area (Å²) >= 11 is 3.50.